The number of esters is 1. The molecule has 1 unspecified atom stereocenters. The third-order valence-electron chi connectivity index (χ3n) is 4.06. The third-order valence-corrected chi connectivity index (χ3v) is 4.06. The number of aliphatic imine (C=N–C) groups is 1. The first-order valence-electron chi connectivity index (χ1n) is 9.51. The van der Waals surface area contributed by atoms with Crippen molar-refractivity contribution in [2.75, 3.05) is 13.1 Å². The Hall–Kier alpha value is -2.81. The van der Waals surface area contributed by atoms with E-state index in [0.717, 1.165) is 0 Å². The molecular weight excluding hydrogens is 374 g/mol. The van der Waals surface area contributed by atoms with Gasteiger partial charge in [0.25, 0.3) is 5.79 Å². The van der Waals surface area contributed by atoms with Crippen LogP contribution in [0.2, 0.25) is 0 Å². The van der Waals surface area contributed by atoms with E-state index in [1.165, 1.54) is 4.90 Å². The molecule has 3 rings (SSSR count). The number of ether oxygens (including phenoxy) is 2. The predicted molar refractivity (Wildman–Crippen MR) is 107 cm³/mol. The minimum absolute atomic E-state index is 0.226. The van der Waals surface area contributed by atoms with Gasteiger partial charge >= 0.3 is 12.1 Å². The molecule has 0 radical (unpaired) electrons. The molecule has 1 amide bonds. The first-order valence-corrected chi connectivity index (χ1v) is 9.51. The van der Waals surface area contributed by atoms with E-state index >= 15 is 0 Å². The normalized spacial score (nSPS) is 22.7. The molecule has 2 heterocycles. The number of benzene rings is 1. The van der Waals surface area contributed by atoms with E-state index in [4.69, 9.17) is 9.47 Å². The van der Waals surface area contributed by atoms with Gasteiger partial charge in [-0.2, -0.15) is 0 Å². The van der Waals surface area contributed by atoms with Crippen molar-refractivity contribution in [3.8, 4) is 0 Å². The molecule has 1 aromatic rings. The number of amidine groups is 1. The second-order valence-electron chi connectivity index (χ2n) is 8.89. The molecule has 9 nitrogen and oxygen atoms in total. The van der Waals surface area contributed by atoms with Crippen molar-refractivity contribution in [3.05, 3.63) is 29.8 Å². The van der Waals surface area contributed by atoms with Gasteiger partial charge in [-0.05, 0) is 53.7 Å². The van der Waals surface area contributed by atoms with Crippen molar-refractivity contribution in [1.82, 2.24) is 10.2 Å². The maximum atomic E-state index is 13.2. The van der Waals surface area contributed by atoms with Gasteiger partial charge < -0.3 is 9.47 Å². The third kappa shape index (κ3) is 4.45. The number of hydrogen-bond acceptors (Lipinski definition) is 7. The minimum Gasteiger partial charge on any atom is -0.456 e. The highest BCUT2D eigenvalue weighted by Gasteiger charge is 2.54. The second kappa shape index (κ2) is 7.22. The minimum atomic E-state index is -1.79. The van der Waals surface area contributed by atoms with Crippen LogP contribution in [0.25, 0.3) is 0 Å². The van der Waals surface area contributed by atoms with Gasteiger partial charge in [-0.3, -0.25) is 10.2 Å². The van der Waals surface area contributed by atoms with Gasteiger partial charge in [-0.25, -0.2) is 14.6 Å². The Labute approximate surface area is 170 Å². The fourth-order valence-corrected chi connectivity index (χ4v) is 2.96. The summed E-state index contributed by atoms with van der Waals surface area (Å²) in [4.78, 5) is 32.0. The predicted octanol–water partition coefficient (Wildman–Crippen LogP) is 3.37. The number of carbonyl (C=O) groups is 2. The van der Waals surface area contributed by atoms with Gasteiger partial charge in [0, 0.05) is 18.7 Å². The van der Waals surface area contributed by atoms with Gasteiger partial charge in [0.15, 0.2) is 5.84 Å². The van der Waals surface area contributed by atoms with Gasteiger partial charge in [-0.1, -0.05) is 12.1 Å². The highest BCUT2D eigenvalue weighted by molar-refractivity contribution is 6.07. The summed E-state index contributed by atoms with van der Waals surface area (Å²) in [7, 11) is 0. The molecule has 1 N–H and O–H groups in total. The van der Waals surface area contributed by atoms with Crippen molar-refractivity contribution in [2.24, 2.45) is 15.2 Å². The van der Waals surface area contributed by atoms with Gasteiger partial charge in [0.2, 0.25) is 0 Å². The first kappa shape index (κ1) is 20.9. The van der Waals surface area contributed by atoms with Crippen LogP contribution in [0.5, 0.6) is 0 Å². The van der Waals surface area contributed by atoms with Crippen LogP contribution in [0.15, 0.2) is 39.5 Å². The Balaban J connectivity index is 2.06. The molecule has 0 aliphatic carbocycles. The summed E-state index contributed by atoms with van der Waals surface area (Å²) in [5.41, 5.74) is -0.184. The monoisotopic (exact) mass is 401 g/mol. The summed E-state index contributed by atoms with van der Waals surface area (Å²) in [6.07, 6.45) is -0.666. The summed E-state index contributed by atoms with van der Waals surface area (Å²) in [5, 5.41) is 11.2. The molecule has 0 spiro atoms. The topological polar surface area (TPSA) is 105 Å². The average molecular weight is 401 g/mol. The number of hydrogen-bond donors (Lipinski definition) is 1. The van der Waals surface area contributed by atoms with Crippen LogP contribution in [-0.2, 0) is 14.3 Å². The van der Waals surface area contributed by atoms with E-state index in [9.17, 15) is 9.59 Å². The van der Waals surface area contributed by atoms with Crippen molar-refractivity contribution < 1.29 is 19.1 Å². The number of azo groups is 1. The quantitative estimate of drug-likeness (QED) is 0.765. The lowest BCUT2D eigenvalue weighted by Gasteiger charge is -2.35. The molecule has 1 atom stereocenters. The molecule has 156 valence electrons. The molecule has 0 bridgehead atoms. The molecule has 0 aromatic heterocycles. The number of nitrogens with zero attached hydrogens (tertiary/aromatic N) is 4. The molecule has 1 fully saturated rings. The Morgan fingerprint density at radius 1 is 1.07 bits per heavy atom. The van der Waals surface area contributed by atoms with E-state index in [1.807, 2.05) is 18.2 Å². The Morgan fingerprint density at radius 2 is 1.72 bits per heavy atom. The fourth-order valence-electron chi connectivity index (χ4n) is 2.96. The van der Waals surface area contributed by atoms with Crippen LogP contribution in [0, 0.1) is 0 Å². The molecule has 2 aliphatic rings. The SMILES string of the molecule is CC(C)(C)OC(=O)N1CCNC1(N=C1N=Nc2ccccc21)C(=O)OC(C)(C)C. The summed E-state index contributed by atoms with van der Waals surface area (Å²) < 4.78 is 11.1. The van der Waals surface area contributed by atoms with Crippen molar-refractivity contribution in [3.63, 3.8) is 0 Å². The number of amides is 1. The van der Waals surface area contributed by atoms with Crippen LogP contribution in [0.1, 0.15) is 47.1 Å². The molecule has 0 saturated carbocycles. The van der Waals surface area contributed by atoms with Crippen LogP contribution < -0.4 is 5.32 Å². The number of nitrogens with one attached hydrogen (secondary N) is 1. The number of carbonyl (C=O) groups excluding carboxylic acids is 2. The van der Waals surface area contributed by atoms with Crippen molar-refractivity contribution in [2.45, 2.75) is 58.5 Å². The molecule has 29 heavy (non-hydrogen) atoms. The van der Waals surface area contributed by atoms with E-state index in [1.54, 1.807) is 47.6 Å². The maximum Gasteiger partial charge on any atom is 0.413 e. The summed E-state index contributed by atoms with van der Waals surface area (Å²) in [6.45, 7) is 11.1. The van der Waals surface area contributed by atoms with Gasteiger partial charge in [0.1, 0.15) is 11.2 Å². The summed E-state index contributed by atoms with van der Waals surface area (Å²) >= 11 is 0. The zero-order valence-electron chi connectivity index (χ0n) is 17.6. The van der Waals surface area contributed by atoms with Crippen LogP contribution in [0.3, 0.4) is 0 Å². The highest BCUT2D eigenvalue weighted by Crippen LogP contribution is 2.31. The summed E-state index contributed by atoms with van der Waals surface area (Å²) in [6, 6.07) is 7.28. The lowest BCUT2D eigenvalue weighted by Crippen LogP contribution is -2.61. The van der Waals surface area contributed by atoms with Crippen LogP contribution in [0.4, 0.5) is 10.5 Å². The highest BCUT2D eigenvalue weighted by atomic mass is 16.6. The molecule has 1 aromatic carbocycles. The Kier molecular flexibility index (Phi) is 5.20. The standard InChI is InChI=1S/C20H27N5O4/c1-18(2,3)28-16(26)20(21-11-12-25(20)17(27)29-19(4,5)6)22-15-13-9-7-8-10-14(13)23-24-15/h7-10,21H,11-12H2,1-6H3. The molecule has 1 saturated heterocycles. The summed E-state index contributed by atoms with van der Waals surface area (Å²) in [5.74, 6) is -2.25. The number of rotatable bonds is 2. The van der Waals surface area contributed by atoms with E-state index < -0.39 is 29.1 Å². The molecular formula is C20H27N5O4. The Bertz CT molecular complexity index is 882. The van der Waals surface area contributed by atoms with Crippen molar-refractivity contribution >= 4 is 23.6 Å². The van der Waals surface area contributed by atoms with Crippen molar-refractivity contribution in [1.29, 1.82) is 0 Å². The smallest absolute Gasteiger partial charge is 0.413 e. The zero-order valence-corrected chi connectivity index (χ0v) is 17.6. The first-order chi connectivity index (χ1) is 13.4. The molecule has 9 heteroatoms. The van der Waals surface area contributed by atoms with Crippen LogP contribution in [-0.4, -0.2) is 52.9 Å². The van der Waals surface area contributed by atoms with Crippen LogP contribution >= 0.6 is 0 Å². The van der Waals surface area contributed by atoms with E-state index in [2.05, 4.69) is 20.5 Å². The van der Waals surface area contributed by atoms with E-state index in [0.29, 0.717) is 17.8 Å². The number of fused-ring (bicyclic) bond motifs is 1. The fraction of sp³-hybridized carbons (Fsp3) is 0.550. The second-order valence-corrected chi connectivity index (χ2v) is 8.89. The maximum absolute atomic E-state index is 13.2. The zero-order chi connectivity index (χ0) is 21.4. The lowest BCUT2D eigenvalue weighted by atomic mass is 10.1. The van der Waals surface area contributed by atoms with Gasteiger partial charge in [-0.15, -0.1) is 10.2 Å². The molecule has 2 aliphatic heterocycles. The van der Waals surface area contributed by atoms with E-state index in [-0.39, 0.29) is 12.4 Å². The lowest BCUT2D eigenvalue weighted by molar-refractivity contribution is -0.168. The van der Waals surface area contributed by atoms with Gasteiger partial charge in [0.05, 0.1) is 5.69 Å². The Morgan fingerprint density at radius 3 is 2.38 bits per heavy atom. The average Bonchev–Trinajstić information content (AvgIpc) is 3.18. The largest absolute Gasteiger partial charge is 0.456 e.